The number of fused-ring (bicyclic) bond motifs is 1. The van der Waals surface area contributed by atoms with Crippen molar-refractivity contribution in [3.8, 4) is 11.5 Å². The molecule has 6 heteroatoms. The summed E-state index contributed by atoms with van der Waals surface area (Å²) in [6.07, 6.45) is 0.831. The van der Waals surface area contributed by atoms with Gasteiger partial charge in [0.05, 0.1) is 6.54 Å². The zero-order chi connectivity index (χ0) is 14.8. The smallest absolute Gasteiger partial charge is 0.454 e. The Labute approximate surface area is 121 Å². The van der Waals surface area contributed by atoms with Crippen LogP contribution in [0, 0.1) is 6.92 Å². The maximum Gasteiger partial charge on any atom is 0.519 e. The Bertz CT molecular complexity index is 688. The molecule has 2 heterocycles. The molecule has 3 rings (SSSR count). The number of hydrogen-bond acceptors (Lipinski definition) is 6. The van der Waals surface area contributed by atoms with Crippen molar-refractivity contribution in [3.05, 3.63) is 45.9 Å². The van der Waals surface area contributed by atoms with Crippen LogP contribution in [0.2, 0.25) is 0 Å². The molecule has 21 heavy (non-hydrogen) atoms. The molecular weight excluding hydrogens is 274 g/mol. The number of rotatable bonds is 5. The fraction of sp³-hybridized carbons (Fsp3) is 0.400. The predicted octanol–water partition coefficient (Wildman–Crippen LogP) is 1.99. The Kier molecular flexibility index (Phi) is 3.70. The number of hydrogen-bond donors (Lipinski definition) is 1. The van der Waals surface area contributed by atoms with Gasteiger partial charge in [-0.2, -0.15) is 0 Å². The molecule has 6 nitrogen and oxygen atoms in total. The molecule has 0 fully saturated rings. The maximum atomic E-state index is 11.0. The van der Waals surface area contributed by atoms with Gasteiger partial charge < -0.3 is 23.6 Å². The molecule has 0 spiro atoms. The fourth-order valence-electron chi connectivity index (χ4n) is 2.30. The summed E-state index contributed by atoms with van der Waals surface area (Å²) in [6, 6.07) is 6.15. The Hall–Kier alpha value is -2.21. The molecule has 0 saturated carbocycles. The van der Waals surface area contributed by atoms with Gasteiger partial charge in [-0.25, -0.2) is 4.79 Å². The Morgan fingerprint density at radius 2 is 2.05 bits per heavy atom. The minimum absolute atomic E-state index is 0.213. The van der Waals surface area contributed by atoms with Crippen LogP contribution in [0.5, 0.6) is 11.5 Å². The van der Waals surface area contributed by atoms with Crippen molar-refractivity contribution in [2.75, 3.05) is 6.79 Å². The summed E-state index contributed by atoms with van der Waals surface area (Å²) >= 11 is 0. The molecule has 0 aliphatic carbocycles. The van der Waals surface area contributed by atoms with Crippen molar-refractivity contribution in [2.45, 2.75) is 32.9 Å². The molecule has 0 unspecified atom stereocenters. The molecule has 1 N–H and O–H groups in total. The van der Waals surface area contributed by atoms with Crippen LogP contribution in [0.3, 0.4) is 0 Å². The van der Waals surface area contributed by atoms with E-state index in [2.05, 4.69) is 12.2 Å². The first-order valence-electron chi connectivity index (χ1n) is 6.83. The summed E-state index contributed by atoms with van der Waals surface area (Å²) in [5.74, 6) is 1.97. The van der Waals surface area contributed by atoms with Crippen LogP contribution in [0.25, 0.3) is 0 Å². The third-order valence-corrected chi connectivity index (χ3v) is 3.43. The van der Waals surface area contributed by atoms with E-state index in [1.807, 2.05) is 18.2 Å². The number of nitrogens with one attached hydrogen (secondary N) is 1. The zero-order valence-electron chi connectivity index (χ0n) is 12.0. The Balaban J connectivity index is 1.58. The number of ether oxygens (including phenoxy) is 2. The average molecular weight is 291 g/mol. The minimum atomic E-state index is -0.660. The topological polar surface area (TPSA) is 73.8 Å². The molecule has 1 aliphatic rings. The molecule has 0 bridgehead atoms. The van der Waals surface area contributed by atoms with E-state index >= 15 is 0 Å². The molecular formula is C15H17NO5. The van der Waals surface area contributed by atoms with E-state index in [0.29, 0.717) is 18.1 Å². The van der Waals surface area contributed by atoms with Gasteiger partial charge in [-0.3, -0.25) is 0 Å². The van der Waals surface area contributed by atoms with Crippen LogP contribution in [0.15, 0.2) is 31.8 Å². The summed E-state index contributed by atoms with van der Waals surface area (Å²) < 4.78 is 20.4. The molecule has 1 atom stereocenters. The summed E-state index contributed by atoms with van der Waals surface area (Å²) in [5.41, 5.74) is 1.16. The standard InChI is InChI=1S/C15H17NO5/c1-9(16-7-14-10(2)20-15(17)21-14)5-11-3-4-12-13(6-11)19-8-18-12/h3-4,6,9,16H,5,7-8H2,1-2H3/t9-/m0/s1. The van der Waals surface area contributed by atoms with E-state index in [9.17, 15) is 4.79 Å². The van der Waals surface area contributed by atoms with E-state index < -0.39 is 5.82 Å². The van der Waals surface area contributed by atoms with Crippen LogP contribution in [-0.2, 0) is 13.0 Å². The van der Waals surface area contributed by atoms with Crippen molar-refractivity contribution in [3.63, 3.8) is 0 Å². The molecule has 1 aromatic heterocycles. The summed E-state index contributed by atoms with van der Waals surface area (Å²) in [4.78, 5) is 11.0. The van der Waals surface area contributed by atoms with Crippen molar-refractivity contribution in [1.82, 2.24) is 5.32 Å². The van der Waals surface area contributed by atoms with Gasteiger partial charge in [-0.15, -0.1) is 0 Å². The van der Waals surface area contributed by atoms with Gasteiger partial charge in [0.25, 0.3) is 0 Å². The number of aryl methyl sites for hydroxylation is 1. The van der Waals surface area contributed by atoms with Crippen LogP contribution < -0.4 is 20.6 Å². The molecule has 2 aromatic rings. The lowest BCUT2D eigenvalue weighted by Crippen LogP contribution is -2.27. The first-order valence-corrected chi connectivity index (χ1v) is 6.83. The van der Waals surface area contributed by atoms with E-state index in [1.54, 1.807) is 6.92 Å². The minimum Gasteiger partial charge on any atom is -0.454 e. The van der Waals surface area contributed by atoms with Crippen LogP contribution in [0.4, 0.5) is 0 Å². The van der Waals surface area contributed by atoms with Crippen molar-refractivity contribution < 1.29 is 18.3 Å². The molecule has 0 radical (unpaired) electrons. The summed E-state index contributed by atoms with van der Waals surface area (Å²) in [6.45, 7) is 4.53. The van der Waals surface area contributed by atoms with Crippen LogP contribution in [0.1, 0.15) is 24.0 Å². The fourth-order valence-corrected chi connectivity index (χ4v) is 2.30. The van der Waals surface area contributed by atoms with Gasteiger partial charge >= 0.3 is 5.82 Å². The molecule has 0 amide bonds. The predicted molar refractivity (Wildman–Crippen MR) is 74.6 cm³/mol. The summed E-state index contributed by atoms with van der Waals surface area (Å²) in [7, 11) is 0. The van der Waals surface area contributed by atoms with E-state index in [4.69, 9.17) is 18.3 Å². The average Bonchev–Trinajstić information content (AvgIpc) is 3.02. The Morgan fingerprint density at radius 3 is 2.81 bits per heavy atom. The highest BCUT2D eigenvalue weighted by Gasteiger charge is 2.15. The lowest BCUT2D eigenvalue weighted by Gasteiger charge is -2.13. The second-order valence-corrected chi connectivity index (χ2v) is 5.11. The molecule has 0 saturated heterocycles. The monoisotopic (exact) mass is 291 g/mol. The number of benzene rings is 1. The van der Waals surface area contributed by atoms with Gasteiger partial charge in [0.15, 0.2) is 17.3 Å². The van der Waals surface area contributed by atoms with Gasteiger partial charge in [-0.1, -0.05) is 6.07 Å². The third-order valence-electron chi connectivity index (χ3n) is 3.43. The lowest BCUT2D eigenvalue weighted by atomic mass is 10.1. The first-order chi connectivity index (χ1) is 10.1. The van der Waals surface area contributed by atoms with Gasteiger partial charge in [0, 0.05) is 6.04 Å². The quantitative estimate of drug-likeness (QED) is 0.908. The highest BCUT2D eigenvalue weighted by atomic mass is 16.7. The highest BCUT2D eigenvalue weighted by Crippen LogP contribution is 2.32. The van der Waals surface area contributed by atoms with Gasteiger partial charge in [0.2, 0.25) is 6.79 Å². The van der Waals surface area contributed by atoms with Crippen LogP contribution >= 0.6 is 0 Å². The van der Waals surface area contributed by atoms with Crippen molar-refractivity contribution in [1.29, 1.82) is 0 Å². The van der Waals surface area contributed by atoms with E-state index in [-0.39, 0.29) is 12.8 Å². The van der Waals surface area contributed by atoms with E-state index in [0.717, 1.165) is 23.5 Å². The van der Waals surface area contributed by atoms with Crippen molar-refractivity contribution >= 4 is 0 Å². The van der Waals surface area contributed by atoms with Crippen molar-refractivity contribution in [2.24, 2.45) is 0 Å². The first kappa shape index (κ1) is 13.8. The van der Waals surface area contributed by atoms with Crippen LogP contribution in [-0.4, -0.2) is 12.8 Å². The highest BCUT2D eigenvalue weighted by molar-refractivity contribution is 5.44. The molecule has 112 valence electrons. The molecule has 1 aliphatic heterocycles. The molecule has 1 aromatic carbocycles. The normalized spacial score (nSPS) is 14.4. The second-order valence-electron chi connectivity index (χ2n) is 5.11. The largest absolute Gasteiger partial charge is 0.519 e. The lowest BCUT2D eigenvalue weighted by molar-refractivity contribution is 0.174. The van der Waals surface area contributed by atoms with E-state index in [1.165, 1.54) is 0 Å². The van der Waals surface area contributed by atoms with Gasteiger partial charge in [-0.05, 0) is 38.0 Å². The maximum absolute atomic E-state index is 11.0. The SMILES string of the molecule is Cc1oc(=O)oc1CN[C@@H](C)Cc1ccc2c(c1)OCO2. The second kappa shape index (κ2) is 5.65. The Morgan fingerprint density at radius 1 is 1.24 bits per heavy atom. The zero-order valence-corrected chi connectivity index (χ0v) is 12.0. The third kappa shape index (κ3) is 3.11. The summed E-state index contributed by atoms with van der Waals surface area (Å²) in [5, 5.41) is 3.30. The van der Waals surface area contributed by atoms with Gasteiger partial charge in [0.1, 0.15) is 5.76 Å².